The lowest BCUT2D eigenvalue weighted by Crippen LogP contribution is -2.31. The van der Waals surface area contributed by atoms with Crippen molar-refractivity contribution in [3.05, 3.63) is 33.9 Å². The lowest BCUT2D eigenvalue weighted by molar-refractivity contribution is -0.384. The van der Waals surface area contributed by atoms with Crippen molar-refractivity contribution in [3.63, 3.8) is 0 Å². The molecule has 0 aliphatic rings. The van der Waals surface area contributed by atoms with E-state index in [1.165, 1.54) is 18.2 Å². The minimum atomic E-state index is -1.16. The molecule has 20 heavy (non-hydrogen) atoms. The Kier molecular flexibility index (Phi) is 5.82. The highest BCUT2D eigenvalue weighted by Gasteiger charge is 2.26. The van der Waals surface area contributed by atoms with Gasteiger partial charge in [0.1, 0.15) is 5.69 Å². The normalized spacial score (nSPS) is 11.9. The van der Waals surface area contributed by atoms with E-state index in [1.807, 2.05) is 13.2 Å². The monoisotopic (exact) mass is 298 g/mol. The van der Waals surface area contributed by atoms with Crippen molar-refractivity contribution in [1.29, 1.82) is 0 Å². The van der Waals surface area contributed by atoms with E-state index in [-0.39, 0.29) is 23.0 Å². The first kappa shape index (κ1) is 16.3. The van der Waals surface area contributed by atoms with Crippen LogP contribution in [0.5, 0.6) is 0 Å². The molecule has 0 fully saturated rings. The molecule has 1 aromatic carbocycles. The molecule has 0 amide bonds. The van der Waals surface area contributed by atoms with Gasteiger partial charge in [0.15, 0.2) is 0 Å². The summed E-state index contributed by atoms with van der Waals surface area (Å²) in [5, 5.41) is 20.3. The Hall–Kier alpha value is -1.76. The number of anilines is 1. The molecule has 0 spiro atoms. The van der Waals surface area contributed by atoms with Gasteiger partial charge < -0.3 is 10.0 Å². The second-order valence-electron chi connectivity index (χ2n) is 4.48. The fourth-order valence-corrected chi connectivity index (χ4v) is 2.50. The van der Waals surface area contributed by atoms with Gasteiger partial charge in [0, 0.05) is 19.2 Å². The van der Waals surface area contributed by atoms with Crippen LogP contribution < -0.4 is 4.90 Å². The molecular weight excluding hydrogens is 280 g/mol. The van der Waals surface area contributed by atoms with Gasteiger partial charge in [0.25, 0.3) is 5.69 Å². The molecule has 0 aromatic heterocycles. The molecule has 7 heteroatoms. The first-order valence-electron chi connectivity index (χ1n) is 6.12. The Labute approximate surface area is 121 Å². The molecule has 1 rings (SSSR count). The Bertz CT molecular complexity index is 475. The molecule has 0 bridgehead atoms. The molecule has 0 saturated carbocycles. The molecule has 1 atom stereocenters. The second-order valence-corrected chi connectivity index (χ2v) is 5.46. The van der Waals surface area contributed by atoms with Crippen LogP contribution in [-0.2, 0) is 0 Å². The third-order valence-corrected chi connectivity index (χ3v) is 3.84. The molecular formula is C13H18N2O4S. The predicted octanol–water partition coefficient (Wildman–Crippen LogP) is 2.87. The van der Waals surface area contributed by atoms with Gasteiger partial charge >= 0.3 is 5.97 Å². The number of rotatable bonds is 7. The van der Waals surface area contributed by atoms with Crippen molar-refractivity contribution in [2.75, 3.05) is 24.0 Å². The van der Waals surface area contributed by atoms with Crippen molar-refractivity contribution >= 4 is 29.1 Å². The largest absolute Gasteiger partial charge is 0.478 e. The van der Waals surface area contributed by atoms with Crippen molar-refractivity contribution in [3.8, 4) is 0 Å². The summed E-state index contributed by atoms with van der Waals surface area (Å²) in [7, 11) is 1.69. The van der Waals surface area contributed by atoms with Gasteiger partial charge in [-0.1, -0.05) is 6.07 Å². The molecule has 1 N–H and O–H groups in total. The predicted molar refractivity (Wildman–Crippen MR) is 80.9 cm³/mol. The van der Waals surface area contributed by atoms with Crippen LogP contribution in [0.15, 0.2) is 18.2 Å². The minimum absolute atomic E-state index is 0.0154. The Morgan fingerprint density at radius 3 is 2.70 bits per heavy atom. The smallest absolute Gasteiger partial charge is 0.338 e. The van der Waals surface area contributed by atoms with Crippen molar-refractivity contribution in [2.45, 2.75) is 19.4 Å². The van der Waals surface area contributed by atoms with Gasteiger partial charge in [-0.05, 0) is 31.4 Å². The fraction of sp³-hybridized carbons (Fsp3) is 0.462. The third kappa shape index (κ3) is 3.63. The van der Waals surface area contributed by atoms with Gasteiger partial charge in [0.2, 0.25) is 0 Å². The average molecular weight is 298 g/mol. The highest BCUT2D eigenvalue weighted by molar-refractivity contribution is 7.98. The van der Waals surface area contributed by atoms with Crippen LogP contribution >= 0.6 is 11.8 Å². The molecule has 1 aromatic rings. The minimum Gasteiger partial charge on any atom is -0.478 e. The number of carboxylic acid groups (broad SMARTS) is 1. The van der Waals surface area contributed by atoms with E-state index in [2.05, 4.69) is 0 Å². The van der Waals surface area contributed by atoms with Crippen LogP contribution in [0.1, 0.15) is 23.7 Å². The van der Waals surface area contributed by atoms with Gasteiger partial charge in [-0.3, -0.25) is 10.1 Å². The summed E-state index contributed by atoms with van der Waals surface area (Å²) in [6.45, 7) is 1.93. The number of nitro benzene ring substituents is 1. The maximum Gasteiger partial charge on any atom is 0.338 e. The van der Waals surface area contributed by atoms with Crippen LogP contribution in [-0.4, -0.2) is 41.1 Å². The number of thioether (sulfide) groups is 1. The summed E-state index contributed by atoms with van der Waals surface area (Å²) in [6.07, 6.45) is 2.81. The van der Waals surface area contributed by atoms with Crippen molar-refractivity contribution in [1.82, 2.24) is 0 Å². The Morgan fingerprint density at radius 2 is 2.20 bits per heavy atom. The zero-order chi connectivity index (χ0) is 15.3. The van der Waals surface area contributed by atoms with Crippen LogP contribution in [0.4, 0.5) is 11.4 Å². The zero-order valence-electron chi connectivity index (χ0n) is 11.7. The highest BCUT2D eigenvalue weighted by atomic mass is 32.2. The van der Waals surface area contributed by atoms with Gasteiger partial charge in [0.05, 0.1) is 10.5 Å². The van der Waals surface area contributed by atoms with Gasteiger partial charge in [-0.15, -0.1) is 0 Å². The summed E-state index contributed by atoms with van der Waals surface area (Å²) < 4.78 is 0. The van der Waals surface area contributed by atoms with E-state index in [9.17, 15) is 20.0 Å². The zero-order valence-corrected chi connectivity index (χ0v) is 12.5. The molecule has 0 aliphatic carbocycles. The fourth-order valence-electron chi connectivity index (χ4n) is 1.92. The molecule has 0 radical (unpaired) electrons. The van der Waals surface area contributed by atoms with E-state index in [0.717, 1.165) is 12.2 Å². The maximum absolute atomic E-state index is 11.3. The number of para-hydroxylation sites is 1. The molecule has 110 valence electrons. The van der Waals surface area contributed by atoms with E-state index in [1.54, 1.807) is 23.7 Å². The van der Waals surface area contributed by atoms with E-state index >= 15 is 0 Å². The molecule has 0 heterocycles. The van der Waals surface area contributed by atoms with Gasteiger partial charge in [-0.2, -0.15) is 11.8 Å². The molecule has 6 nitrogen and oxygen atoms in total. The summed E-state index contributed by atoms with van der Waals surface area (Å²) >= 11 is 1.69. The molecule has 1 unspecified atom stereocenters. The third-order valence-electron chi connectivity index (χ3n) is 3.20. The number of carbonyl (C=O) groups is 1. The van der Waals surface area contributed by atoms with E-state index in [0.29, 0.717) is 0 Å². The number of hydrogen-bond acceptors (Lipinski definition) is 5. The molecule has 0 aliphatic heterocycles. The van der Waals surface area contributed by atoms with E-state index < -0.39 is 10.9 Å². The Balaban J connectivity index is 3.25. The van der Waals surface area contributed by atoms with Crippen molar-refractivity contribution in [2.24, 2.45) is 0 Å². The number of carboxylic acids is 1. The number of nitrogens with zero attached hydrogens (tertiary/aromatic N) is 2. The van der Waals surface area contributed by atoms with Crippen LogP contribution in [0.3, 0.4) is 0 Å². The number of benzene rings is 1. The summed E-state index contributed by atoms with van der Waals surface area (Å²) in [5.74, 6) is -0.248. The lowest BCUT2D eigenvalue weighted by Gasteiger charge is -2.27. The quantitative estimate of drug-likeness (QED) is 0.615. The van der Waals surface area contributed by atoms with Gasteiger partial charge in [-0.25, -0.2) is 4.79 Å². The standard InChI is InChI=1S/C13H18N2O4S/c1-9(7-8-20-3)14(2)12-10(13(16)17)5-4-6-11(12)15(18)19/h4-6,9H,7-8H2,1-3H3,(H,16,17). The summed E-state index contributed by atoms with van der Waals surface area (Å²) in [5.41, 5.74) is -0.0558. The first-order chi connectivity index (χ1) is 9.40. The second kappa shape index (κ2) is 7.14. The van der Waals surface area contributed by atoms with Crippen LogP contribution in [0, 0.1) is 10.1 Å². The summed E-state index contributed by atoms with van der Waals surface area (Å²) in [6, 6.07) is 4.13. The maximum atomic E-state index is 11.3. The van der Waals surface area contributed by atoms with Crippen LogP contribution in [0.2, 0.25) is 0 Å². The van der Waals surface area contributed by atoms with Crippen LogP contribution in [0.25, 0.3) is 0 Å². The Morgan fingerprint density at radius 1 is 1.55 bits per heavy atom. The number of nitro groups is 1. The first-order valence-corrected chi connectivity index (χ1v) is 7.52. The molecule has 0 saturated heterocycles. The average Bonchev–Trinajstić information content (AvgIpc) is 2.42. The van der Waals surface area contributed by atoms with E-state index in [4.69, 9.17) is 0 Å². The number of aromatic carboxylic acids is 1. The topological polar surface area (TPSA) is 83.7 Å². The summed E-state index contributed by atoms with van der Waals surface area (Å²) in [4.78, 5) is 23.5. The number of hydrogen-bond donors (Lipinski definition) is 1. The van der Waals surface area contributed by atoms with Crippen molar-refractivity contribution < 1.29 is 14.8 Å². The SMILES string of the molecule is CSCCC(C)N(C)c1c(C(=O)O)cccc1[N+](=O)[O-]. The lowest BCUT2D eigenvalue weighted by atomic mass is 10.1. The highest BCUT2D eigenvalue weighted by Crippen LogP contribution is 2.33.